The van der Waals surface area contributed by atoms with Crippen molar-refractivity contribution in [3.63, 3.8) is 0 Å². The van der Waals surface area contributed by atoms with E-state index in [-0.39, 0.29) is 0 Å². The fraction of sp³-hybridized carbons (Fsp3) is 0.357. The summed E-state index contributed by atoms with van der Waals surface area (Å²) in [6, 6.07) is 6.09. The molecule has 0 aliphatic heterocycles. The van der Waals surface area contributed by atoms with Crippen LogP contribution in [0.4, 0.5) is 0 Å². The van der Waals surface area contributed by atoms with Crippen LogP contribution in [0.25, 0.3) is 10.9 Å². The molecule has 19 heavy (non-hydrogen) atoms. The van der Waals surface area contributed by atoms with E-state index in [1.807, 2.05) is 56.1 Å². The van der Waals surface area contributed by atoms with Gasteiger partial charge in [0.1, 0.15) is 0 Å². The van der Waals surface area contributed by atoms with E-state index in [0.717, 1.165) is 17.3 Å². The highest BCUT2D eigenvalue weighted by molar-refractivity contribution is 7.90. The Morgan fingerprint density at radius 3 is 2.89 bits per heavy atom. The van der Waals surface area contributed by atoms with E-state index in [4.69, 9.17) is 5.14 Å². The summed E-state index contributed by atoms with van der Waals surface area (Å²) in [5.41, 5.74) is 2.20. The molecule has 0 saturated heterocycles. The Labute approximate surface area is 116 Å². The maximum Gasteiger partial charge on any atom is 0.157 e. The standard InChI is InChI=1S/C14H19N3OS/c1-14(2,19(15)18)9-5-7-11-6-4-8-13-12(11)10-17(3)16-13/h4-6,8-10H,7,15H2,1-3H3. The van der Waals surface area contributed by atoms with E-state index in [1.54, 1.807) is 0 Å². The van der Waals surface area contributed by atoms with Crippen molar-refractivity contribution in [2.45, 2.75) is 25.0 Å². The largest absolute Gasteiger partial charge is 0.598 e. The first-order valence-corrected chi connectivity index (χ1v) is 7.37. The van der Waals surface area contributed by atoms with Gasteiger partial charge in [0.05, 0.1) is 5.52 Å². The minimum atomic E-state index is -1.36. The van der Waals surface area contributed by atoms with Crippen molar-refractivity contribution >= 4 is 22.3 Å². The molecular weight excluding hydrogens is 258 g/mol. The summed E-state index contributed by atoms with van der Waals surface area (Å²) in [5.74, 6) is 0. The number of hydrogen-bond acceptors (Lipinski definition) is 3. The quantitative estimate of drug-likeness (QED) is 0.687. The van der Waals surface area contributed by atoms with E-state index < -0.39 is 16.1 Å². The van der Waals surface area contributed by atoms with Gasteiger partial charge in [-0.3, -0.25) is 4.68 Å². The summed E-state index contributed by atoms with van der Waals surface area (Å²) in [4.78, 5) is 0. The van der Waals surface area contributed by atoms with Crippen LogP contribution in [-0.2, 0) is 24.8 Å². The third-order valence-electron chi connectivity index (χ3n) is 3.13. The van der Waals surface area contributed by atoms with Crippen LogP contribution in [0.2, 0.25) is 0 Å². The average Bonchev–Trinajstić information content (AvgIpc) is 2.70. The highest BCUT2D eigenvalue weighted by atomic mass is 32.2. The average molecular weight is 277 g/mol. The molecule has 2 N–H and O–H groups in total. The minimum Gasteiger partial charge on any atom is -0.598 e. The van der Waals surface area contributed by atoms with Gasteiger partial charge in [0, 0.05) is 30.0 Å². The van der Waals surface area contributed by atoms with Gasteiger partial charge in [-0.25, -0.2) is 0 Å². The summed E-state index contributed by atoms with van der Waals surface area (Å²) >= 11 is -1.36. The third-order valence-corrected chi connectivity index (χ3v) is 4.30. The number of benzene rings is 1. The molecule has 0 amide bonds. The molecule has 2 rings (SSSR count). The smallest absolute Gasteiger partial charge is 0.157 e. The van der Waals surface area contributed by atoms with Crippen LogP contribution in [0.3, 0.4) is 0 Å². The van der Waals surface area contributed by atoms with Crippen molar-refractivity contribution in [2.24, 2.45) is 12.2 Å². The highest BCUT2D eigenvalue weighted by Crippen LogP contribution is 2.19. The van der Waals surface area contributed by atoms with E-state index in [0.29, 0.717) is 0 Å². The molecule has 0 saturated carbocycles. The number of allylic oxidation sites excluding steroid dienone is 1. The number of rotatable bonds is 4. The molecule has 5 heteroatoms. The molecule has 1 heterocycles. The number of hydrogen-bond donors (Lipinski definition) is 1. The molecule has 0 fully saturated rings. The number of aryl methyl sites for hydroxylation is 1. The van der Waals surface area contributed by atoms with Gasteiger partial charge in [-0.1, -0.05) is 18.2 Å². The van der Waals surface area contributed by atoms with Crippen LogP contribution in [0.15, 0.2) is 36.5 Å². The second-order valence-electron chi connectivity index (χ2n) is 5.16. The first-order valence-electron chi connectivity index (χ1n) is 6.15. The lowest BCUT2D eigenvalue weighted by Crippen LogP contribution is -2.35. The Kier molecular flexibility index (Phi) is 3.99. The van der Waals surface area contributed by atoms with E-state index >= 15 is 0 Å². The van der Waals surface area contributed by atoms with Crippen molar-refractivity contribution in [2.75, 3.05) is 0 Å². The Morgan fingerprint density at radius 1 is 1.47 bits per heavy atom. The lowest BCUT2D eigenvalue weighted by molar-refractivity contribution is 0.573. The second kappa shape index (κ2) is 5.36. The first kappa shape index (κ1) is 14.1. The summed E-state index contributed by atoms with van der Waals surface area (Å²) in [6.07, 6.45) is 6.74. The van der Waals surface area contributed by atoms with Gasteiger partial charge in [0.2, 0.25) is 0 Å². The summed E-state index contributed by atoms with van der Waals surface area (Å²) in [6.45, 7) is 3.73. The molecule has 0 radical (unpaired) electrons. The predicted molar refractivity (Wildman–Crippen MR) is 80.0 cm³/mol. The van der Waals surface area contributed by atoms with Crippen molar-refractivity contribution < 1.29 is 4.55 Å². The Bertz CT molecular complexity index is 602. The monoisotopic (exact) mass is 277 g/mol. The van der Waals surface area contributed by atoms with Gasteiger partial charge >= 0.3 is 0 Å². The van der Waals surface area contributed by atoms with Gasteiger partial charge in [0.25, 0.3) is 0 Å². The van der Waals surface area contributed by atoms with Crippen LogP contribution in [0.5, 0.6) is 0 Å². The lowest BCUT2D eigenvalue weighted by atomic mass is 10.1. The normalized spacial score (nSPS) is 14.4. The van der Waals surface area contributed by atoms with Gasteiger partial charge < -0.3 is 4.55 Å². The van der Waals surface area contributed by atoms with Crippen LogP contribution < -0.4 is 5.14 Å². The molecular formula is C14H19N3OS. The number of nitrogens with two attached hydrogens (primary N) is 1. The molecule has 0 aliphatic carbocycles. The van der Waals surface area contributed by atoms with Crippen LogP contribution in [0.1, 0.15) is 19.4 Å². The number of aromatic nitrogens is 2. The van der Waals surface area contributed by atoms with Gasteiger partial charge in [0.15, 0.2) is 4.75 Å². The first-order chi connectivity index (χ1) is 8.90. The molecule has 2 aromatic rings. The van der Waals surface area contributed by atoms with Gasteiger partial charge in [-0.05, 0) is 38.0 Å². The van der Waals surface area contributed by atoms with Crippen LogP contribution in [-0.4, -0.2) is 19.1 Å². The maximum absolute atomic E-state index is 11.3. The Morgan fingerprint density at radius 2 is 2.21 bits per heavy atom. The zero-order valence-electron chi connectivity index (χ0n) is 11.5. The summed E-state index contributed by atoms with van der Waals surface area (Å²) in [7, 11) is 1.92. The minimum absolute atomic E-state index is 0.497. The molecule has 0 aliphatic rings. The molecule has 1 atom stereocenters. The molecule has 1 unspecified atom stereocenters. The molecule has 1 aromatic heterocycles. The number of fused-ring (bicyclic) bond motifs is 1. The second-order valence-corrected chi connectivity index (χ2v) is 6.81. The van der Waals surface area contributed by atoms with E-state index in [1.165, 1.54) is 5.56 Å². The van der Waals surface area contributed by atoms with Crippen LogP contribution in [0, 0.1) is 0 Å². The van der Waals surface area contributed by atoms with E-state index in [9.17, 15) is 4.55 Å². The molecule has 0 spiro atoms. The molecule has 1 aromatic carbocycles. The zero-order chi connectivity index (χ0) is 14.0. The fourth-order valence-corrected chi connectivity index (χ4v) is 2.17. The lowest BCUT2D eigenvalue weighted by Gasteiger charge is -2.20. The fourth-order valence-electron chi connectivity index (χ4n) is 1.94. The SMILES string of the molecule is Cn1cc2c(CC=CC(C)(C)[S+](N)[O-])cccc2n1. The molecule has 0 bridgehead atoms. The van der Waals surface area contributed by atoms with Crippen LogP contribution >= 0.6 is 0 Å². The van der Waals surface area contributed by atoms with Crippen molar-refractivity contribution in [3.05, 3.63) is 42.1 Å². The Balaban J connectivity index is 2.20. The maximum atomic E-state index is 11.3. The van der Waals surface area contributed by atoms with Gasteiger partial charge in [-0.2, -0.15) is 10.2 Å². The summed E-state index contributed by atoms with van der Waals surface area (Å²) < 4.78 is 12.7. The zero-order valence-corrected chi connectivity index (χ0v) is 12.3. The van der Waals surface area contributed by atoms with Gasteiger partial charge in [-0.15, -0.1) is 0 Å². The molecule has 102 valence electrons. The Hall–Kier alpha value is -1.30. The van der Waals surface area contributed by atoms with Crippen molar-refractivity contribution in [3.8, 4) is 0 Å². The van der Waals surface area contributed by atoms with Crippen molar-refractivity contribution in [1.82, 2.24) is 9.78 Å². The predicted octanol–water partition coefficient (Wildman–Crippen LogP) is 2.07. The van der Waals surface area contributed by atoms with Crippen molar-refractivity contribution in [1.29, 1.82) is 0 Å². The molecule has 4 nitrogen and oxygen atoms in total. The summed E-state index contributed by atoms with van der Waals surface area (Å²) in [5, 5.41) is 11.0. The highest BCUT2D eigenvalue weighted by Gasteiger charge is 2.25. The van der Waals surface area contributed by atoms with E-state index in [2.05, 4.69) is 11.2 Å². The topological polar surface area (TPSA) is 66.9 Å². The number of nitrogens with zero attached hydrogens (tertiary/aromatic N) is 2. The third kappa shape index (κ3) is 3.18.